The molecule has 0 saturated heterocycles. The maximum absolute atomic E-state index is 11.7. The molecular formula is C17H16BrN3O2. The van der Waals surface area contributed by atoms with E-state index in [1.54, 1.807) is 0 Å². The average Bonchev–Trinajstić information content (AvgIpc) is 2.56. The smallest absolute Gasteiger partial charge is 0.249 e. The van der Waals surface area contributed by atoms with Crippen LogP contribution in [0.1, 0.15) is 17.5 Å². The van der Waals surface area contributed by atoms with Gasteiger partial charge in [-0.2, -0.15) is 5.10 Å². The topological polar surface area (TPSA) is 70.6 Å². The van der Waals surface area contributed by atoms with Crippen molar-refractivity contribution < 1.29 is 9.59 Å². The fraction of sp³-hybridized carbons (Fsp3) is 0.118. The largest absolute Gasteiger partial charge is 0.352 e. The van der Waals surface area contributed by atoms with Gasteiger partial charge in [0.1, 0.15) is 6.42 Å². The number of amides is 2. The second-order valence-electron chi connectivity index (χ2n) is 4.78. The Hall–Kier alpha value is -2.47. The van der Waals surface area contributed by atoms with Gasteiger partial charge in [0.15, 0.2) is 0 Å². The molecule has 0 atom stereocenters. The number of hydrogen-bond acceptors (Lipinski definition) is 3. The lowest BCUT2D eigenvalue weighted by atomic mass is 10.2. The lowest BCUT2D eigenvalue weighted by Gasteiger charge is -2.04. The summed E-state index contributed by atoms with van der Waals surface area (Å²) in [5.74, 6) is -0.797. The minimum Gasteiger partial charge on any atom is -0.352 e. The molecule has 0 radical (unpaired) electrons. The molecule has 118 valence electrons. The van der Waals surface area contributed by atoms with Crippen molar-refractivity contribution in [3.05, 3.63) is 70.2 Å². The van der Waals surface area contributed by atoms with Crippen LogP contribution >= 0.6 is 15.9 Å². The van der Waals surface area contributed by atoms with E-state index in [4.69, 9.17) is 0 Å². The fourth-order valence-electron chi connectivity index (χ4n) is 1.77. The Kier molecular flexibility index (Phi) is 6.50. The predicted molar refractivity (Wildman–Crippen MR) is 92.8 cm³/mol. The molecule has 0 aliphatic carbocycles. The third-order valence-corrected chi connectivity index (χ3v) is 3.46. The molecule has 0 heterocycles. The van der Waals surface area contributed by atoms with Crippen LogP contribution in [0.3, 0.4) is 0 Å². The summed E-state index contributed by atoms with van der Waals surface area (Å²) in [7, 11) is 0. The number of carbonyl (C=O) groups is 2. The normalized spacial score (nSPS) is 10.5. The van der Waals surface area contributed by atoms with Gasteiger partial charge in [0.05, 0.1) is 6.21 Å². The van der Waals surface area contributed by atoms with Gasteiger partial charge in [-0.05, 0) is 23.3 Å². The van der Waals surface area contributed by atoms with Gasteiger partial charge in [0, 0.05) is 11.0 Å². The van der Waals surface area contributed by atoms with Crippen molar-refractivity contribution in [3.8, 4) is 0 Å². The Morgan fingerprint density at radius 2 is 1.70 bits per heavy atom. The highest BCUT2D eigenvalue weighted by atomic mass is 79.9. The zero-order chi connectivity index (χ0) is 16.5. The van der Waals surface area contributed by atoms with E-state index in [0.29, 0.717) is 6.54 Å². The Morgan fingerprint density at radius 1 is 1.00 bits per heavy atom. The minimum atomic E-state index is -0.455. The van der Waals surface area contributed by atoms with Gasteiger partial charge >= 0.3 is 0 Å². The molecule has 6 heteroatoms. The van der Waals surface area contributed by atoms with Crippen LogP contribution < -0.4 is 10.7 Å². The quantitative estimate of drug-likeness (QED) is 0.464. The van der Waals surface area contributed by atoms with E-state index < -0.39 is 5.91 Å². The Labute approximate surface area is 142 Å². The van der Waals surface area contributed by atoms with Gasteiger partial charge < -0.3 is 5.32 Å². The lowest BCUT2D eigenvalue weighted by Crippen LogP contribution is -2.29. The SMILES string of the molecule is O=C(CC(=O)N/N=C/c1ccc(Br)cc1)NCc1ccccc1. The monoisotopic (exact) mass is 373 g/mol. The van der Waals surface area contributed by atoms with E-state index >= 15 is 0 Å². The molecule has 5 nitrogen and oxygen atoms in total. The van der Waals surface area contributed by atoms with Crippen LogP contribution in [0.15, 0.2) is 64.2 Å². The second kappa shape index (κ2) is 8.85. The minimum absolute atomic E-state index is 0.259. The summed E-state index contributed by atoms with van der Waals surface area (Å²) >= 11 is 3.34. The molecule has 2 rings (SSSR count). The summed E-state index contributed by atoms with van der Waals surface area (Å²) in [4.78, 5) is 23.3. The summed E-state index contributed by atoms with van der Waals surface area (Å²) in [6.45, 7) is 0.398. The first-order valence-electron chi connectivity index (χ1n) is 7.01. The van der Waals surface area contributed by atoms with Crippen molar-refractivity contribution in [1.82, 2.24) is 10.7 Å². The van der Waals surface area contributed by atoms with E-state index in [0.717, 1.165) is 15.6 Å². The first-order chi connectivity index (χ1) is 11.1. The zero-order valence-corrected chi connectivity index (χ0v) is 13.9. The van der Waals surface area contributed by atoms with Gasteiger partial charge in [-0.25, -0.2) is 5.43 Å². The number of hydrogen-bond donors (Lipinski definition) is 2. The Balaban J connectivity index is 1.71. The molecule has 0 bridgehead atoms. The van der Waals surface area contributed by atoms with Gasteiger partial charge in [-0.1, -0.05) is 58.4 Å². The number of benzene rings is 2. The molecule has 0 unspecified atom stereocenters. The van der Waals surface area contributed by atoms with Crippen LogP contribution in [0, 0.1) is 0 Å². The van der Waals surface area contributed by atoms with Crippen molar-refractivity contribution in [3.63, 3.8) is 0 Å². The summed E-state index contributed by atoms with van der Waals surface area (Å²) in [6.07, 6.45) is 1.26. The maximum Gasteiger partial charge on any atom is 0.249 e. The van der Waals surface area contributed by atoms with Crippen LogP contribution in [-0.4, -0.2) is 18.0 Å². The first kappa shape index (κ1) is 16.9. The van der Waals surface area contributed by atoms with E-state index in [1.807, 2.05) is 54.6 Å². The highest BCUT2D eigenvalue weighted by molar-refractivity contribution is 9.10. The van der Waals surface area contributed by atoms with E-state index in [2.05, 4.69) is 31.8 Å². The predicted octanol–water partition coefficient (Wildman–Crippen LogP) is 2.61. The standard InChI is InChI=1S/C17H16BrN3O2/c18-15-8-6-14(7-9-15)12-20-21-17(23)10-16(22)19-11-13-4-2-1-3-5-13/h1-9,12H,10-11H2,(H,19,22)(H,21,23)/b20-12+. The number of halogens is 1. The number of carbonyl (C=O) groups excluding carboxylic acids is 2. The first-order valence-corrected chi connectivity index (χ1v) is 7.81. The zero-order valence-electron chi connectivity index (χ0n) is 12.3. The second-order valence-corrected chi connectivity index (χ2v) is 5.70. The molecule has 0 saturated carbocycles. The highest BCUT2D eigenvalue weighted by Crippen LogP contribution is 2.08. The molecule has 2 aromatic rings. The summed E-state index contributed by atoms with van der Waals surface area (Å²) in [5, 5.41) is 6.51. The van der Waals surface area contributed by atoms with Crippen LogP contribution in [-0.2, 0) is 16.1 Å². The summed E-state index contributed by atoms with van der Waals surface area (Å²) in [5.41, 5.74) is 4.16. The van der Waals surface area contributed by atoms with Crippen molar-refractivity contribution in [2.24, 2.45) is 5.10 Å². The van der Waals surface area contributed by atoms with Crippen molar-refractivity contribution in [1.29, 1.82) is 0 Å². The molecule has 23 heavy (non-hydrogen) atoms. The van der Waals surface area contributed by atoms with Crippen LogP contribution in [0.5, 0.6) is 0 Å². The van der Waals surface area contributed by atoms with Crippen molar-refractivity contribution in [2.45, 2.75) is 13.0 Å². The molecule has 0 aliphatic heterocycles. The molecule has 2 aromatic carbocycles. The third kappa shape index (κ3) is 6.44. The van der Waals surface area contributed by atoms with Crippen LogP contribution in [0.2, 0.25) is 0 Å². The third-order valence-electron chi connectivity index (χ3n) is 2.93. The number of rotatable bonds is 6. The number of nitrogens with zero attached hydrogens (tertiary/aromatic N) is 1. The molecule has 0 spiro atoms. The molecule has 0 aromatic heterocycles. The average molecular weight is 374 g/mol. The summed E-state index contributed by atoms with van der Waals surface area (Å²) < 4.78 is 0.966. The van der Waals surface area contributed by atoms with Crippen molar-refractivity contribution >= 4 is 34.0 Å². The Morgan fingerprint density at radius 3 is 2.39 bits per heavy atom. The highest BCUT2D eigenvalue weighted by Gasteiger charge is 2.07. The van der Waals surface area contributed by atoms with Gasteiger partial charge in [0.25, 0.3) is 0 Å². The van der Waals surface area contributed by atoms with E-state index in [-0.39, 0.29) is 12.3 Å². The van der Waals surface area contributed by atoms with Crippen molar-refractivity contribution in [2.75, 3.05) is 0 Å². The van der Waals surface area contributed by atoms with Crippen LogP contribution in [0.4, 0.5) is 0 Å². The number of hydrazone groups is 1. The lowest BCUT2D eigenvalue weighted by molar-refractivity contribution is -0.129. The maximum atomic E-state index is 11.7. The number of nitrogens with one attached hydrogen (secondary N) is 2. The van der Waals surface area contributed by atoms with Gasteiger partial charge in [-0.15, -0.1) is 0 Å². The van der Waals surface area contributed by atoms with Crippen LogP contribution in [0.25, 0.3) is 0 Å². The molecule has 2 amide bonds. The van der Waals surface area contributed by atoms with Gasteiger partial charge in [0.2, 0.25) is 11.8 Å². The molecule has 2 N–H and O–H groups in total. The summed E-state index contributed by atoms with van der Waals surface area (Å²) in [6, 6.07) is 17.0. The fourth-order valence-corrected chi connectivity index (χ4v) is 2.04. The molecule has 0 fully saturated rings. The van der Waals surface area contributed by atoms with E-state index in [9.17, 15) is 9.59 Å². The van der Waals surface area contributed by atoms with E-state index in [1.165, 1.54) is 6.21 Å². The molecule has 0 aliphatic rings. The Bertz CT molecular complexity index is 685. The van der Waals surface area contributed by atoms with Gasteiger partial charge in [-0.3, -0.25) is 9.59 Å². The molecular weight excluding hydrogens is 358 g/mol.